The third-order valence-electron chi connectivity index (χ3n) is 2.44. The first-order chi connectivity index (χ1) is 8.84. The minimum absolute atomic E-state index is 0.0684. The van der Waals surface area contributed by atoms with Gasteiger partial charge in [0.25, 0.3) is 0 Å². The van der Waals surface area contributed by atoms with Gasteiger partial charge < -0.3 is 10.4 Å². The van der Waals surface area contributed by atoms with Gasteiger partial charge in [0.05, 0.1) is 11.7 Å². The Kier molecular flexibility index (Phi) is 5.62. The highest BCUT2D eigenvalue weighted by Crippen LogP contribution is 2.29. The lowest BCUT2D eigenvalue weighted by Crippen LogP contribution is -2.28. The molecule has 7 heteroatoms. The van der Waals surface area contributed by atoms with Crippen molar-refractivity contribution in [1.82, 2.24) is 5.32 Å². The Bertz CT molecular complexity index is 420. The molecule has 0 heterocycles. The number of aliphatic hydroxyl groups is 1. The molecule has 0 aromatic heterocycles. The molecule has 0 spiro atoms. The molecule has 1 rings (SSSR count). The highest BCUT2D eigenvalue weighted by atomic mass is 35.5. The number of carbonyl (C=O) groups excluding carboxylic acids is 1. The van der Waals surface area contributed by atoms with Crippen LogP contribution in [-0.4, -0.2) is 23.4 Å². The van der Waals surface area contributed by atoms with Gasteiger partial charge in [-0.1, -0.05) is 12.1 Å². The molecule has 0 saturated carbocycles. The second-order valence-electron chi connectivity index (χ2n) is 3.88. The fourth-order valence-electron chi connectivity index (χ4n) is 1.40. The summed E-state index contributed by atoms with van der Waals surface area (Å²) in [7, 11) is 0. The first kappa shape index (κ1) is 15.8. The molecule has 1 atom stereocenters. The summed E-state index contributed by atoms with van der Waals surface area (Å²) in [6.45, 7) is -0.0684. The number of amides is 1. The molecule has 1 aromatic carbocycles. The van der Waals surface area contributed by atoms with E-state index in [9.17, 15) is 23.1 Å². The third-order valence-corrected chi connectivity index (χ3v) is 2.63. The lowest BCUT2D eigenvalue weighted by atomic mass is 10.1. The molecule has 1 unspecified atom stereocenters. The van der Waals surface area contributed by atoms with Crippen LogP contribution in [0.25, 0.3) is 0 Å². The van der Waals surface area contributed by atoms with Gasteiger partial charge in [0.15, 0.2) is 0 Å². The Morgan fingerprint density at radius 3 is 2.37 bits per heavy atom. The summed E-state index contributed by atoms with van der Waals surface area (Å²) >= 11 is 5.36. The number of nitrogens with one attached hydrogen (secondary N) is 1. The van der Waals surface area contributed by atoms with Crippen LogP contribution in [0.1, 0.15) is 23.7 Å². The van der Waals surface area contributed by atoms with Crippen molar-refractivity contribution in [2.24, 2.45) is 0 Å². The first-order valence-corrected chi connectivity index (χ1v) is 6.06. The SMILES string of the molecule is O=C(CCCl)NCC(O)c1ccc(C(F)(F)F)cc1. The van der Waals surface area contributed by atoms with Crippen LogP contribution < -0.4 is 5.32 Å². The van der Waals surface area contributed by atoms with Gasteiger partial charge in [-0.05, 0) is 17.7 Å². The molecule has 106 valence electrons. The van der Waals surface area contributed by atoms with E-state index < -0.39 is 17.8 Å². The van der Waals surface area contributed by atoms with E-state index in [1.54, 1.807) is 0 Å². The number of carbonyl (C=O) groups is 1. The van der Waals surface area contributed by atoms with E-state index >= 15 is 0 Å². The molecule has 0 aliphatic heterocycles. The molecule has 0 aliphatic rings. The van der Waals surface area contributed by atoms with Crippen molar-refractivity contribution < 1.29 is 23.1 Å². The highest BCUT2D eigenvalue weighted by molar-refractivity contribution is 6.18. The number of benzene rings is 1. The Balaban J connectivity index is 2.58. The zero-order valence-electron chi connectivity index (χ0n) is 9.88. The van der Waals surface area contributed by atoms with E-state index in [2.05, 4.69) is 5.32 Å². The summed E-state index contributed by atoms with van der Waals surface area (Å²) in [5.41, 5.74) is -0.478. The van der Waals surface area contributed by atoms with Crippen LogP contribution in [0.2, 0.25) is 0 Å². The lowest BCUT2D eigenvalue weighted by molar-refractivity contribution is -0.137. The van der Waals surface area contributed by atoms with Crippen LogP contribution in [0.5, 0.6) is 0 Å². The fraction of sp³-hybridized carbons (Fsp3) is 0.417. The largest absolute Gasteiger partial charge is 0.416 e. The van der Waals surface area contributed by atoms with Crippen molar-refractivity contribution in [3.8, 4) is 0 Å². The predicted octanol–water partition coefficient (Wildman–Crippen LogP) is 2.48. The van der Waals surface area contributed by atoms with E-state index in [-0.39, 0.29) is 24.8 Å². The molecule has 3 nitrogen and oxygen atoms in total. The molecular weight excluding hydrogens is 283 g/mol. The van der Waals surface area contributed by atoms with Crippen LogP contribution in [0.4, 0.5) is 13.2 Å². The van der Waals surface area contributed by atoms with Gasteiger partial charge in [-0.25, -0.2) is 0 Å². The topological polar surface area (TPSA) is 49.3 Å². The lowest BCUT2D eigenvalue weighted by Gasteiger charge is -2.13. The monoisotopic (exact) mass is 295 g/mol. The molecule has 0 bridgehead atoms. The number of alkyl halides is 4. The van der Waals surface area contributed by atoms with Crippen LogP contribution in [-0.2, 0) is 11.0 Å². The molecular formula is C12H13ClF3NO2. The van der Waals surface area contributed by atoms with Crippen molar-refractivity contribution in [1.29, 1.82) is 0 Å². The number of hydrogen-bond donors (Lipinski definition) is 2. The number of aliphatic hydroxyl groups excluding tert-OH is 1. The minimum atomic E-state index is -4.40. The van der Waals surface area contributed by atoms with E-state index in [1.165, 1.54) is 12.1 Å². The van der Waals surface area contributed by atoms with E-state index in [0.29, 0.717) is 5.56 Å². The van der Waals surface area contributed by atoms with Crippen LogP contribution >= 0.6 is 11.6 Å². The van der Waals surface area contributed by atoms with Crippen molar-refractivity contribution in [2.45, 2.75) is 18.7 Å². The van der Waals surface area contributed by atoms with Gasteiger partial charge in [0, 0.05) is 18.8 Å². The van der Waals surface area contributed by atoms with Crippen molar-refractivity contribution >= 4 is 17.5 Å². The van der Waals surface area contributed by atoms with Gasteiger partial charge in [-0.3, -0.25) is 4.79 Å². The maximum absolute atomic E-state index is 12.3. The standard InChI is InChI=1S/C12H13ClF3NO2/c13-6-5-11(19)17-7-10(18)8-1-3-9(4-2-8)12(14,15)16/h1-4,10,18H,5-7H2,(H,17,19). The molecule has 1 aromatic rings. The Labute approximate surface area is 113 Å². The Morgan fingerprint density at radius 2 is 1.89 bits per heavy atom. The van der Waals surface area contributed by atoms with Crippen molar-refractivity contribution in [2.75, 3.05) is 12.4 Å². The summed E-state index contributed by atoms with van der Waals surface area (Å²) in [4.78, 5) is 11.1. The second kappa shape index (κ2) is 6.77. The van der Waals surface area contributed by atoms with Crippen molar-refractivity contribution in [3.63, 3.8) is 0 Å². The molecule has 0 fully saturated rings. The Hall–Kier alpha value is -1.27. The van der Waals surface area contributed by atoms with Gasteiger partial charge in [0.1, 0.15) is 0 Å². The van der Waals surface area contributed by atoms with Crippen LogP contribution in [0.15, 0.2) is 24.3 Å². The summed E-state index contributed by atoms with van der Waals surface area (Å²) < 4.78 is 37.0. The Morgan fingerprint density at radius 1 is 1.32 bits per heavy atom. The van der Waals surface area contributed by atoms with E-state index in [0.717, 1.165) is 12.1 Å². The van der Waals surface area contributed by atoms with Gasteiger partial charge in [-0.2, -0.15) is 13.2 Å². The molecule has 1 amide bonds. The molecule has 19 heavy (non-hydrogen) atoms. The normalized spacial score (nSPS) is 13.1. The zero-order chi connectivity index (χ0) is 14.5. The molecule has 2 N–H and O–H groups in total. The summed E-state index contributed by atoms with van der Waals surface area (Å²) in [6.07, 6.45) is -5.33. The number of hydrogen-bond acceptors (Lipinski definition) is 2. The van der Waals surface area contributed by atoms with Gasteiger partial charge in [0.2, 0.25) is 5.91 Å². The number of rotatable bonds is 5. The van der Waals surface area contributed by atoms with Gasteiger partial charge >= 0.3 is 6.18 Å². The third kappa shape index (κ3) is 5.08. The van der Waals surface area contributed by atoms with E-state index in [1.807, 2.05) is 0 Å². The smallest absolute Gasteiger partial charge is 0.387 e. The molecule has 0 aliphatic carbocycles. The highest BCUT2D eigenvalue weighted by Gasteiger charge is 2.30. The fourth-order valence-corrected chi connectivity index (χ4v) is 1.57. The molecule has 0 saturated heterocycles. The quantitative estimate of drug-likeness (QED) is 0.820. The maximum Gasteiger partial charge on any atom is 0.416 e. The second-order valence-corrected chi connectivity index (χ2v) is 4.26. The van der Waals surface area contributed by atoms with E-state index in [4.69, 9.17) is 11.6 Å². The average molecular weight is 296 g/mol. The minimum Gasteiger partial charge on any atom is -0.387 e. The zero-order valence-corrected chi connectivity index (χ0v) is 10.6. The van der Waals surface area contributed by atoms with Crippen LogP contribution in [0, 0.1) is 0 Å². The maximum atomic E-state index is 12.3. The summed E-state index contributed by atoms with van der Waals surface area (Å²) in [6, 6.07) is 4.14. The molecule has 0 radical (unpaired) electrons. The van der Waals surface area contributed by atoms with Gasteiger partial charge in [-0.15, -0.1) is 11.6 Å². The predicted molar refractivity (Wildman–Crippen MR) is 64.8 cm³/mol. The van der Waals surface area contributed by atoms with Crippen LogP contribution in [0.3, 0.4) is 0 Å². The van der Waals surface area contributed by atoms with Crippen molar-refractivity contribution in [3.05, 3.63) is 35.4 Å². The average Bonchev–Trinajstić information content (AvgIpc) is 2.35. The first-order valence-electron chi connectivity index (χ1n) is 5.52. The summed E-state index contributed by atoms with van der Waals surface area (Å²) in [5.74, 6) is -0.150. The number of halogens is 4. The summed E-state index contributed by atoms with van der Waals surface area (Å²) in [5, 5.41) is 12.1.